The van der Waals surface area contributed by atoms with Gasteiger partial charge in [-0.2, -0.15) is 0 Å². The predicted molar refractivity (Wildman–Crippen MR) is 67.3 cm³/mol. The molecule has 0 radical (unpaired) electrons. The maximum absolute atomic E-state index is 11.9. The lowest BCUT2D eigenvalue weighted by Gasteiger charge is -2.20. The third-order valence-corrected chi connectivity index (χ3v) is 2.60. The zero-order chi connectivity index (χ0) is 13.5. The molecular weight excluding hydrogens is 234 g/mol. The highest BCUT2D eigenvalue weighted by molar-refractivity contribution is 5.79. The van der Waals surface area contributed by atoms with E-state index in [1.165, 1.54) is 12.0 Å². The number of aliphatic hydroxyl groups is 1. The van der Waals surface area contributed by atoms with E-state index in [1.807, 2.05) is 0 Å². The summed E-state index contributed by atoms with van der Waals surface area (Å²) in [6, 6.07) is 6.71. The molecule has 0 saturated carbocycles. The third-order valence-electron chi connectivity index (χ3n) is 2.60. The van der Waals surface area contributed by atoms with Gasteiger partial charge in [-0.25, -0.2) is 0 Å². The van der Waals surface area contributed by atoms with Crippen LogP contribution in [0.25, 0.3) is 0 Å². The second-order valence-corrected chi connectivity index (χ2v) is 4.19. The summed E-state index contributed by atoms with van der Waals surface area (Å²) in [6.45, 7) is 0.397. The van der Waals surface area contributed by atoms with Crippen molar-refractivity contribution in [3.8, 4) is 5.75 Å². The molecule has 0 bridgehead atoms. The molecule has 1 amide bonds. The minimum Gasteiger partial charge on any atom is -0.508 e. The molecule has 1 aromatic carbocycles. The Balaban J connectivity index is 2.52. The number of aliphatic hydroxyl groups excluding tert-OH is 1. The number of aromatic hydroxyl groups is 1. The van der Waals surface area contributed by atoms with Gasteiger partial charge >= 0.3 is 0 Å². The summed E-state index contributed by atoms with van der Waals surface area (Å²) in [5.74, 6) is -0.0525. The van der Waals surface area contributed by atoms with Gasteiger partial charge in [0, 0.05) is 26.3 Å². The maximum atomic E-state index is 11.9. The molecule has 0 aliphatic heterocycles. The quantitative estimate of drug-likeness (QED) is 0.770. The molecule has 1 aromatic rings. The summed E-state index contributed by atoms with van der Waals surface area (Å²) in [5.41, 5.74) is 0.579. The second-order valence-electron chi connectivity index (χ2n) is 4.19. The van der Waals surface area contributed by atoms with Gasteiger partial charge in [-0.1, -0.05) is 18.2 Å². The van der Waals surface area contributed by atoms with Gasteiger partial charge in [0.05, 0.1) is 19.1 Å². The van der Waals surface area contributed by atoms with Crippen LogP contribution in [-0.2, 0) is 16.0 Å². The highest BCUT2D eigenvalue weighted by Gasteiger charge is 2.15. The smallest absolute Gasteiger partial charge is 0.226 e. The van der Waals surface area contributed by atoms with Crippen molar-refractivity contribution in [1.29, 1.82) is 0 Å². The molecule has 1 atom stereocenters. The Kier molecular flexibility index (Phi) is 5.61. The molecule has 5 heteroatoms. The van der Waals surface area contributed by atoms with Crippen molar-refractivity contribution in [1.82, 2.24) is 4.90 Å². The minimum atomic E-state index is -0.701. The maximum Gasteiger partial charge on any atom is 0.226 e. The number of benzene rings is 1. The average Bonchev–Trinajstić information content (AvgIpc) is 2.32. The highest BCUT2D eigenvalue weighted by atomic mass is 16.5. The number of para-hydroxylation sites is 1. The molecule has 0 saturated heterocycles. The molecule has 100 valence electrons. The van der Waals surface area contributed by atoms with Gasteiger partial charge in [0.15, 0.2) is 0 Å². The SMILES string of the molecule is COCC(O)CN(C)C(=O)Cc1ccccc1O. The Hall–Kier alpha value is -1.59. The Morgan fingerprint density at radius 3 is 2.72 bits per heavy atom. The van der Waals surface area contributed by atoms with Crippen LogP contribution in [0.4, 0.5) is 0 Å². The lowest BCUT2D eigenvalue weighted by atomic mass is 10.1. The van der Waals surface area contributed by atoms with E-state index in [-0.39, 0.29) is 31.2 Å². The Bertz CT molecular complexity index is 394. The molecule has 0 spiro atoms. The fraction of sp³-hybridized carbons (Fsp3) is 0.462. The molecule has 5 nitrogen and oxygen atoms in total. The van der Waals surface area contributed by atoms with Crippen LogP contribution < -0.4 is 0 Å². The fourth-order valence-electron chi connectivity index (χ4n) is 1.62. The van der Waals surface area contributed by atoms with E-state index in [0.29, 0.717) is 5.56 Å². The number of likely N-dealkylation sites (N-methyl/N-ethyl adjacent to an activating group) is 1. The van der Waals surface area contributed by atoms with Gasteiger partial charge in [0.25, 0.3) is 0 Å². The van der Waals surface area contributed by atoms with Gasteiger partial charge in [-0.15, -0.1) is 0 Å². The normalized spacial score (nSPS) is 12.2. The topological polar surface area (TPSA) is 70.0 Å². The molecule has 0 fully saturated rings. The highest BCUT2D eigenvalue weighted by Crippen LogP contribution is 2.16. The number of rotatable bonds is 6. The number of nitrogens with zero attached hydrogens (tertiary/aromatic N) is 1. The number of phenolic OH excluding ortho intramolecular Hbond substituents is 1. The minimum absolute atomic E-state index is 0.108. The average molecular weight is 253 g/mol. The number of carbonyl (C=O) groups excluding carboxylic acids is 1. The van der Waals surface area contributed by atoms with E-state index < -0.39 is 6.10 Å². The number of phenols is 1. The molecule has 2 N–H and O–H groups in total. The monoisotopic (exact) mass is 253 g/mol. The van der Waals surface area contributed by atoms with Crippen molar-refractivity contribution >= 4 is 5.91 Å². The largest absolute Gasteiger partial charge is 0.508 e. The molecule has 0 aliphatic rings. The molecule has 1 rings (SSSR count). The Morgan fingerprint density at radius 1 is 1.44 bits per heavy atom. The standard InChI is InChI=1S/C13H19NO4/c1-14(8-11(15)9-18-2)13(17)7-10-5-3-4-6-12(10)16/h3-6,11,15-16H,7-9H2,1-2H3. The number of amides is 1. The van der Waals surface area contributed by atoms with E-state index in [0.717, 1.165) is 0 Å². The van der Waals surface area contributed by atoms with Crippen molar-refractivity contribution in [3.05, 3.63) is 29.8 Å². The summed E-state index contributed by atoms with van der Waals surface area (Å²) in [7, 11) is 3.11. The first-order valence-corrected chi connectivity index (χ1v) is 5.72. The molecule has 1 unspecified atom stereocenters. The van der Waals surface area contributed by atoms with Crippen LogP contribution in [0.5, 0.6) is 5.75 Å². The van der Waals surface area contributed by atoms with Gasteiger partial charge < -0.3 is 19.8 Å². The second kappa shape index (κ2) is 6.98. The van der Waals surface area contributed by atoms with E-state index >= 15 is 0 Å². The number of methoxy groups -OCH3 is 1. The zero-order valence-electron chi connectivity index (χ0n) is 10.7. The predicted octanol–water partition coefficient (Wildman–Crippen LogP) is 0.400. The summed E-state index contributed by atoms with van der Waals surface area (Å²) < 4.78 is 4.79. The Labute approximate surface area is 107 Å². The molecule has 18 heavy (non-hydrogen) atoms. The van der Waals surface area contributed by atoms with Crippen molar-refractivity contribution < 1.29 is 19.7 Å². The first-order valence-electron chi connectivity index (χ1n) is 5.72. The van der Waals surface area contributed by atoms with Crippen LogP contribution in [0.2, 0.25) is 0 Å². The summed E-state index contributed by atoms with van der Waals surface area (Å²) in [6.07, 6.45) is -0.587. The first-order chi connectivity index (χ1) is 8.54. The van der Waals surface area contributed by atoms with Gasteiger partial charge in [0.1, 0.15) is 5.75 Å². The van der Waals surface area contributed by atoms with Crippen LogP contribution in [0.3, 0.4) is 0 Å². The summed E-state index contributed by atoms with van der Waals surface area (Å²) >= 11 is 0. The van der Waals surface area contributed by atoms with E-state index in [2.05, 4.69) is 0 Å². The lowest BCUT2D eigenvalue weighted by Crippen LogP contribution is -2.37. The molecular formula is C13H19NO4. The number of carbonyl (C=O) groups is 1. The van der Waals surface area contributed by atoms with E-state index in [4.69, 9.17) is 4.74 Å². The zero-order valence-corrected chi connectivity index (χ0v) is 10.7. The number of ether oxygens (including phenoxy) is 1. The van der Waals surface area contributed by atoms with E-state index in [1.54, 1.807) is 31.3 Å². The van der Waals surface area contributed by atoms with Crippen LogP contribution in [0, 0.1) is 0 Å². The third kappa shape index (κ3) is 4.35. The van der Waals surface area contributed by atoms with Crippen molar-refractivity contribution in [2.24, 2.45) is 0 Å². The molecule has 0 aromatic heterocycles. The summed E-state index contributed by atoms with van der Waals surface area (Å²) in [5, 5.41) is 19.1. The van der Waals surface area contributed by atoms with Crippen LogP contribution >= 0.6 is 0 Å². The van der Waals surface area contributed by atoms with Crippen molar-refractivity contribution in [2.45, 2.75) is 12.5 Å². The summed E-state index contributed by atoms with van der Waals surface area (Å²) in [4.78, 5) is 13.3. The Morgan fingerprint density at radius 2 is 2.11 bits per heavy atom. The van der Waals surface area contributed by atoms with Gasteiger partial charge in [-0.3, -0.25) is 4.79 Å². The number of hydrogen-bond donors (Lipinski definition) is 2. The fourth-order valence-corrected chi connectivity index (χ4v) is 1.62. The van der Waals surface area contributed by atoms with Crippen LogP contribution in [0.1, 0.15) is 5.56 Å². The van der Waals surface area contributed by atoms with Crippen molar-refractivity contribution in [2.75, 3.05) is 27.3 Å². The van der Waals surface area contributed by atoms with Gasteiger partial charge in [-0.05, 0) is 6.07 Å². The molecule has 0 aliphatic carbocycles. The number of hydrogen-bond acceptors (Lipinski definition) is 4. The van der Waals surface area contributed by atoms with Crippen molar-refractivity contribution in [3.63, 3.8) is 0 Å². The van der Waals surface area contributed by atoms with Gasteiger partial charge in [0.2, 0.25) is 5.91 Å². The van der Waals surface area contributed by atoms with Crippen LogP contribution in [0.15, 0.2) is 24.3 Å². The van der Waals surface area contributed by atoms with E-state index in [9.17, 15) is 15.0 Å². The first kappa shape index (κ1) is 14.5. The van der Waals surface area contributed by atoms with Crippen LogP contribution in [-0.4, -0.2) is 54.4 Å². The molecule has 0 heterocycles. The lowest BCUT2D eigenvalue weighted by molar-refractivity contribution is -0.130.